The van der Waals surface area contributed by atoms with Gasteiger partial charge in [-0.05, 0) is 55.8 Å². The number of para-hydroxylation sites is 1. The van der Waals surface area contributed by atoms with Gasteiger partial charge in [-0.1, -0.05) is 25.1 Å². The molecule has 0 bridgehead atoms. The lowest BCUT2D eigenvalue weighted by molar-refractivity contribution is -0.118. The van der Waals surface area contributed by atoms with Gasteiger partial charge in [0.05, 0.1) is 0 Å². The Hall–Kier alpha value is -2.53. The van der Waals surface area contributed by atoms with Crippen LogP contribution in [0, 0.1) is 0 Å². The van der Waals surface area contributed by atoms with Crippen LogP contribution in [-0.4, -0.2) is 56.1 Å². The first-order valence-electron chi connectivity index (χ1n) is 10.4. The predicted octanol–water partition coefficient (Wildman–Crippen LogP) is 3.22. The summed E-state index contributed by atoms with van der Waals surface area (Å²) in [5.74, 6) is 0.129. The van der Waals surface area contributed by atoms with Crippen LogP contribution in [0.3, 0.4) is 0 Å². The van der Waals surface area contributed by atoms with E-state index in [-0.39, 0.29) is 11.9 Å². The zero-order valence-electron chi connectivity index (χ0n) is 16.9. The van der Waals surface area contributed by atoms with Crippen LogP contribution in [0.5, 0.6) is 0 Å². The van der Waals surface area contributed by atoms with Gasteiger partial charge >= 0.3 is 0 Å². The van der Waals surface area contributed by atoms with Crippen molar-refractivity contribution < 1.29 is 4.79 Å². The van der Waals surface area contributed by atoms with Crippen molar-refractivity contribution in [2.24, 2.45) is 0 Å². The summed E-state index contributed by atoms with van der Waals surface area (Å²) in [6, 6.07) is 16.4. The minimum absolute atomic E-state index is 0.129. The van der Waals surface area contributed by atoms with Gasteiger partial charge in [-0.25, -0.2) is 0 Å². The maximum Gasteiger partial charge on any atom is 0.249 e. The van der Waals surface area contributed by atoms with E-state index >= 15 is 0 Å². The molecule has 1 atom stereocenters. The van der Waals surface area contributed by atoms with Gasteiger partial charge < -0.3 is 20.0 Å². The molecule has 0 aliphatic carbocycles. The minimum Gasteiger partial charge on any atom is -0.374 e. The highest BCUT2D eigenvalue weighted by molar-refractivity contribution is 6.00. The Morgan fingerprint density at radius 2 is 1.71 bits per heavy atom. The number of fused-ring (bicyclic) bond motifs is 1. The fourth-order valence-electron chi connectivity index (χ4n) is 4.20. The Morgan fingerprint density at radius 1 is 1.00 bits per heavy atom. The number of nitrogens with zero attached hydrogens (tertiary/aromatic N) is 3. The number of carbonyl (C=O) groups excluding carboxylic acids is 1. The minimum atomic E-state index is -0.259. The Morgan fingerprint density at radius 3 is 2.43 bits per heavy atom. The van der Waals surface area contributed by atoms with Crippen LogP contribution in [0.15, 0.2) is 48.5 Å². The normalized spacial score (nSPS) is 18.1. The number of nitrogens with one attached hydrogen (secondary N) is 1. The molecule has 2 aromatic rings. The molecule has 1 saturated heterocycles. The summed E-state index contributed by atoms with van der Waals surface area (Å²) >= 11 is 0. The van der Waals surface area contributed by atoms with Crippen molar-refractivity contribution in [3.8, 4) is 0 Å². The molecule has 2 aliphatic heterocycles. The van der Waals surface area contributed by atoms with Gasteiger partial charge in [0.25, 0.3) is 0 Å². The van der Waals surface area contributed by atoms with E-state index in [1.807, 2.05) is 30.0 Å². The second-order valence-electron chi connectivity index (χ2n) is 7.70. The first-order valence-corrected chi connectivity index (χ1v) is 10.4. The number of carbonyl (C=O) groups is 1. The van der Waals surface area contributed by atoms with Crippen LogP contribution >= 0.6 is 0 Å². The van der Waals surface area contributed by atoms with E-state index in [0.29, 0.717) is 0 Å². The average Bonchev–Trinajstić information content (AvgIpc) is 3.18. The van der Waals surface area contributed by atoms with Crippen LogP contribution < -0.4 is 15.1 Å². The van der Waals surface area contributed by atoms with Crippen molar-refractivity contribution in [1.82, 2.24) is 4.90 Å². The standard InChI is InChI=1S/C23H30N4O/c1-3-25-14-16-26(17-15-25)21-10-8-20(9-11-21)24-18(2)23(28)27-13-12-19-6-4-5-7-22(19)27/h4-11,18,24H,3,12-17H2,1-2H3/t18-/m1/s1. The van der Waals surface area contributed by atoms with Crippen molar-refractivity contribution in [3.05, 3.63) is 54.1 Å². The van der Waals surface area contributed by atoms with Crippen molar-refractivity contribution in [1.29, 1.82) is 0 Å². The number of likely N-dealkylation sites (N-methyl/N-ethyl adjacent to an activating group) is 1. The summed E-state index contributed by atoms with van der Waals surface area (Å²) in [5.41, 5.74) is 4.57. The van der Waals surface area contributed by atoms with Gasteiger partial charge in [0.15, 0.2) is 0 Å². The molecule has 148 valence electrons. The van der Waals surface area contributed by atoms with Crippen LogP contribution in [0.25, 0.3) is 0 Å². The zero-order chi connectivity index (χ0) is 19.5. The number of hydrogen-bond acceptors (Lipinski definition) is 4. The number of hydrogen-bond donors (Lipinski definition) is 1. The van der Waals surface area contributed by atoms with Crippen LogP contribution in [0.2, 0.25) is 0 Å². The molecular weight excluding hydrogens is 348 g/mol. The number of amides is 1. The maximum absolute atomic E-state index is 12.9. The summed E-state index contributed by atoms with van der Waals surface area (Å²) in [5, 5.41) is 3.38. The third kappa shape index (κ3) is 3.85. The van der Waals surface area contributed by atoms with Gasteiger partial charge in [0, 0.05) is 49.8 Å². The van der Waals surface area contributed by atoms with E-state index in [1.54, 1.807) is 0 Å². The molecule has 1 N–H and O–H groups in total. The third-order valence-corrected chi connectivity index (χ3v) is 5.96. The summed E-state index contributed by atoms with van der Waals surface area (Å²) < 4.78 is 0. The first-order chi connectivity index (χ1) is 13.7. The van der Waals surface area contributed by atoms with Gasteiger partial charge in [0.2, 0.25) is 5.91 Å². The summed E-state index contributed by atoms with van der Waals surface area (Å²) in [6.07, 6.45) is 0.939. The van der Waals surface area contributed by atoms with Gasteiger partial charge in [-0.2, -0.15) is 0 Å². The largest absolute Gasteiger partial charge is 0.374 e. The number of piperazine rings is 1. The second-order valence-corrected chi connectivity index (χ2v) is 7.70. The maximum atomic E-state index is 12.9. The van der Waals surface area contributed by atoms with Gasteiger partial charge in [0.1, 0.15) is 6.04 Å². The van der Waals surface area contributed by atoms with E-state index in [1.165, 1.54) is 11.3 Å². The Labute approximate surface area is 167 Å². The fourth-order valence-corrected chi connectivity index (χ4v) is 4.20. The Bertz CT molecular complexity index is 812. The topological polar surface area (TPSA) is 38.8 Å². The fraction of sp³-hybridized carbons (Fsp3) is 0.435. The van der Waals surface area contributed by atoms with E-state index < -0.39 is 0 Å². The predicted molar refractivity (Wildman–Crippen MR) is 116 cm³/mol. The summed E-state index contributed by atoms with van der Waals surface area (Å²) in [6.45, 7) is 10.5. The Balaban J connectivity index is 1.36. The molecule has 2 aromatic carbocycles. The lowest BCUT2D eigenvalue weighted by Gasteiger charge is -2.35. The molecule has 5 heteroatoms. The lowest BCUT2D eigenvalue weighted by atomic mass is 10.2. The molecule has 2 aliphatic rings. The van der Waals surface area contributed by atoms with Gasteiger partial charge in [-0.15, -0.1) is 0 Å². The molecule has 0 aromatic heterocycles. The van der Waals surface area contributed by atoms with E-state index in [9.17, 15) is 4.79 Å². The van der Waals surface area contributed by atoms with Crippen LogP contribution in [0.4, 0.5) is 17.1 Å². The first kappa shape index (κ1) is 18.8. The second kappa shape index (κ2) is 8.23. The molecule has 0 spiro atoms. The quantitative estimate of drug-likeness (QED) is 0.867. The molecule has 0 saturated carbocycles. The molecule has 2 heterocycles. The molecule has 0 radical (unpaired) electrons. The van der Waals surface area contributed by atoms with E-state index in [2.05, 4.69) is 52.4 Å². The Kier molecular flexibility index (Phi) is 5.53. The smallest absolute Gasteiger partial charge is 0.249 e. The zero-order valence-corrected chi connectivity index (χ0v) is 16.9. The van der Waals surface area contributed by atoms with Crippen molar-refractivity contribution in [2.45, 2.75) is 26.3 Å². The SMILES string of the molecule is CCN1CCN(c2ccc(N[C@H](C)C(=O)N3CCc4ccccc43)cc2)CC1. The molecule has 1 amide bonds. The highest BCUT2D eigenvalue weighted by Crippen LogP contribution is 2.28. The van der Waals surface area contributed by atoms with E-state index in [0.717, 1.165) is 57.1 Å². The highest BCUT2D eigenvalue weighted by atomic mass is 16.2. The average molecular weight is 379 g/mol. The summed E-state index contributed by atoms with van der Waals surface area (Å²) in [7, 11) is 0. The monoisotopic (exact) mass is 378 g/mol. The van der Waals surface area contributed by atoms with Crippen molar-refractivity contribution >= 4 is 23.0 Å². The summed E-state index contributed by atoms with van der Waals surface area (Å²) in [4.78, 5) is 19.8. The van der Waals surface area contributed by atoms with Crippen molar-refractivity contribution in [3.63, 3.8) is 0 Å². The number of rotatable bonds is 5. The molecule has 28 heavy (non-hydrogen) atoms. The van der Waals surface area contributed by atoms with Crippen molar-refractivity contribution in [2.75, 3.05) is 54.4 Å². The van der Waals surface area contributed by atoms with Crippen LogP contribution in [0.1, 0.15) is 19.4 Å². The highest BCUT2D eigenvalue weighted by Gasteiger charge is 2.27. The number of anilines is 3. The molecule has 4 rings (SSSR count). The molecule has 1 fully saturated rings. The molecule has 0 unspecified atom stereocenters. The third-order valence-electron chi connectivity index (χ3n) is 5.96. The molecular formula is C23H30N4O. The van der Waals surface area contributed by atoms with Crippen LogP contribution in [-0.2, 0) is 11.2 Å². The lowest BCUT2D eigenvalue weighted by Crippen LogP contribution is -2.46. The number of benzene rings is 2. The molecule has 5 nitrogen and oxygen atoms in total. The van der Waals surface area contributed by atoms with Gasteiger partial charge in [-0.3, -0.25) is 4.79 Å². The van der Waals surface area contributed by atoms with E-state index in [4.69, 9.17) is 0 Å².